The summed E-state index contributed by atoms with van der Waals surface area (Å²) in [6, 6.07) is 0.717. The topological polar surface area (TPSA) is 107 Å². The minimum absolute atomic E-state index is 0.204. The number of carbonyl (C=O) groups excluding carboxylic acids is 2. The van der Waals surface area contributed by atoms with Gasteiger partial charge in [-0.2, -0.15) is 13.2 Å². The molecule has 0 spiro atoms. The van der Waals surface area contributed by atoms with Crippen LogP contribution >= 0.6 is 0 Å². The SMILES string of the molecule is CC[C@H]1CC[C@](CN(O)C=O)(C(=O)NNc2nccc(C(F)(F)F)n2)CC1. The number of carbonyl (C=O) groups is 2. The Balaban J connectivity index is 2.09. The number of hydrogen-bond acceptors (Lipinski definition) is 6. The van der Waals surface area contributed by atoms with E-state index < -0.39 is 29.1 Å². The lowest BCUT2D eigenvalue weighted by atomic mass is 9.69. The molecule has 0 unspecified atom stereocenters. The molecule has 1 fully saturated rings. The molecule has 0 saturated heterocycles. The van der Waals surface area contributed by atoms with E-state index in [-0.39, 0.29) is 13.0 Å². The van der Waals surface area contributed by atoms with Crippen molar-refractivity contribution in [3.05, 3.63) is 18.0 Å². The van der Waals surface area contributed by atoms with Crippen molar-refractivity contribution in [3.63, 3.8) is 0 Å². The van der Waals surface area contributed by atoms with Gasteiger partial charge in [-0.1, -0.05) is 13.3 Å². The van der Waals surface area contributed by atoms with Gasteiger partial charge < -0.3 is 0 Å². The van der Waals surface area contributed by atoms with Crippen molar-refractivity contribution in [2.24, 2.45) is 11.3 Å². The molecule has 27 heavy (non-hydrogen) atoms. The molecule has 1 aliphatic rings. The van der Waals surface area contributed by atoms with E-state index >= 15 is 0 Å². The fraction of sp³-hybridized carbons (Fsp3) is 0.625. The van der Waals surface area contributed by atoms with Crippen LogP contribution in [0.15, 0.2) is 12.3 Å². The lowest BCUT2D eigenvalue weighted by Crippen LogP contribution is -2.51. The summed E-state index contributed by atoms with van der Waals surface area (Å²) in [4.78, 5) is 30.4. The summed E-state index contributed by atoms with van der Waals surface area (Å²) in [6.07, 6.45) is -0.165. The van der Waals surface area contributed by atoms with E-state index in [0.717, 1.165) is 25.5 Å². The van der Waals surface area contributed by atoms with Crippen LogP contribution in [-0.2, 0) is 15.8 Å². The van der Waals surface area contributed by atoms with Gasteiger partial charge in [-0.15, -0.1) is 0 Å². The zero-order valence-corrected chi connectivity index (χ0v) is 14.8. The Morgan fingerprint density at radius 1 is 1.44 bits per heavy atom. The molecule has 2 amide bonds. The molecule has 0 aromatic carbocycles. The number of nitrogens with zero attached hydrogens (tertiary/aromatic N) is 3. The summed E-state index contributed by atoms with van der Waals surface area (Å²) in [5, 5.41) is 9.98. The lowest BCUT2D eigenvalue weighted by molar-refractivity contribution is -0.163. The Bertz CT molecular complexity index is 663. The van der Waals surface area contributed by atoms with Crippen LogP contribution in [0.1, 0.15) is 44.7 Å². The van der Waals surface area contributed by atoms with Gasteiger partial charge in [0.1, 0.15) is 5.69 Å². The zero-order valence-electron chi connectivity index (χ0n) is 14.8. The van der Waals surface area contributed by atoms with E-state index in [2.05, 4.69) is 20.8 Å². The summed E-state index contributed by atoms with van der Waals surface area (Å²) in [7, 11) is 0. The van der Waals surface area contributed by atoms with Crippen LogP contribution < -0.4 is 10.9 Å². The molecule has 1 aromatic rings. The monoisotopic (exact) mass is 389 g/mol. The number of alkyl halides is 3. The number of hydrazine groups is 1. The molecule has 2 rings (SSSR count). The second kappa shape index (κ2) is 8.51. The first kappa shape index (κ1) is 20.9. The molecule has 0 radical (unpaired) electrons. The van der Waals surface area contributed by atoms with Crippen molar-refractivity contribution in [3.8, 4) is 0 Å². The van der Waals surface area contributed by atoms with Gasteiger partial charge in [0.25, 0.3) is 0 Å². The van der Waals surface area contributed by atoms with Gasteiger partial charge in [0, 0.05) is 6.20 Å². The largest absolute Gasteiger partial charge is 0.433 e. The van der Waals surface area contributed by atoms with Crippen LogP contribution in [0.2, 0.25) is 0 Å². The average Bonchev–Trinajstić information content (AvgIpc) is 2.66. The molecule has 0 aliphatic heterocycles. The maximum absolute atomic E-state index is 12.7. The zero-order chi connectivity index (χ0) is 20.1. The third-order valence-corrected chi connectivity index (χ3v) is 4.94. The molecule has 3 N–H and O–H groups in total. The molecule has 11 heteroatoms. The van der Waals surface area contributed by atoms with Gasteiger partial charge >= 0.3 is 6.18 Å². The van der Waals surface area contributed by atoms with Gasteiger partial charge in [-0.05, 0) is 37.7 Å². The second-order valence-electron chi connectivity index (χ2n) is 6.68. The normalized spacial score (nSPS) is 22.8. The number of aromatic nitrogens is 2. The third kappa shape index (κ3) is 5.28. The van der Waals surface area contributed by atoms with Gasteiger partial charge in [0.2, 0.25) is 18.3 Å². The first-order chi connectivity index (χ1) is 12.7. The minimum Gasteiger partial charge on any atom is -0.286 e. The highest BCUT2D eigenvalue weighted by Crippen LogP contribution is 2.40. The Hall–Kier alpha value is -2.43. The van der Waals surface area contributed by atoms with Crippen molar-refractivity contribution in [2.75, 3.05) is 12.0 Å². The van der Waals surface area contributed by atoms with Crippen LogP contribution in [0.4, 0.5) is 19.1 Å². The molecule has 0 bridgehead atoms. The Kier molecular flexibility index (Phi) is 6.58. The lowest BCUT2D eigenvalue weighted by Gasteiger charge is -2.39. The molecular weight excluding hydrogens is 367 g/mol. The number of nitrogens with one attached hydrogen (secondary N) is 2. The van der Waals surface area contributed by atoms with E-state index in [1.165, 1.54) is 0 Å². The molecular formula is C16H22F3N5O3. The summed E-state index contributed by atoms with van der Waals surface area (Å²) < 4.78 is 38.1. The van der Waals surface area contributed by atoms with E-state index in [1.54, 1.807) is 0 Å². The van der Waals surface area contributed by atoms with E-state index in [9.17, 15) is 28.0 Å². The number of halogens is 3. The molecule has 8 nitrogen and oxygen atoms in total. The predicted octanol–water partition coefficient (Wildman–Crippen LogP) is 2.37. The quantitative estimate of drug-likeness (QED) is 0.375. The van der Waals surface area contributed by atoms with E-state index in [0.29, 0.717) is 29.9 Å². The first-order valence-corrected chi connectivity index (χ1v) is 8.57. The Morgan fingerprint density at radius 3 is 2.67 bits per heavy atom. The van der Waals surface area contributed by atoms with Crippen LogP contribution in [-0.4, -0.2) is 39.1 Å². The molecule has 1 aromatic heterocycles. The van der Waals surface area contributed by atoms with E-state index in [1.807, 2.05) is 6.92 Å². The van der Waals surface area contributed by atoms with Crippen molar-refractivity contribution < 1.29 is 28.0 Å². The van der Waals surface area contributed by atoms with Crippen LogP contribution in [0.5, 0.6) is 0 Å². The van der Waals surface area contributed by atoms with Crippen LogP contribution in [0.3, 0.4) is 0 Å². The van der Waals surface area contributed by atoms with Gasteiger partial charge in [0.05, 0.1) is 12.0 Å². The molecule has 0 atom stereocenters. The summed E-state index contributed by atoms with van der Waals surface area (Å²) in [6.45, 7) is 1.85. The minimum atomic E-state index is -4.63. The summed E-state index contributed by atoms with van der Waals surface area (Å²) in [5.41, 5.74) is 2.41. The highest BCUT2D eigenvalue weighted by molar-refractivity contribution is 5.84. The van der Waals surface area contributed by atoms with Crippen LogP contribution in [0.25, 0.3) is 0 Å². The molecule has 1 saturated carbocycles. The Labute approximate surface area is 154 Å². The maximum atomic E-state index is 12.7. The maximum Gasteiger partial charge on any atom is 0.433 e. The molecule has 150 valence electrons. The predicted molar refractivity (Wildman–Crippen MR) is 88.0 cm³/mol. The molecule has 1 aliphatic carbocycles. The van der Waals surface area contributed by atoms with Crippen LogP contribution in [0, 0.1) is 11.3 Å². The smallest absolute Gasteiger partial charge is 0.286 e. The number of anilines is 1. The van der Waals surface area contributed by atoms with Crippen molar-refractivity contribution in [2.45, 2.75) is 45.2 Å². The molecule has 1 heterocycles. The van der Waals surface area contributed by atoms with Gasteiger partial charge in [0.15, 0.2) is 0 Å². The number of hydroxylamine groups is 2. The Morgan fingerprint density at radius 2 is 2.11 bits per heavy atom. The number of hydrogen-bond donors (Lipinski definition) is 3. The van der Waals surface area contributed by atoms with Crippen molar-refractivity contribution >= 4 is 18.3 Å². The number of amides is 2. The second-order valence-corrected chi connectivity index (χ2v) is 6.68. The fourth-order valence-electron chi connectivity index (χ4n) is 3.26. The number of rotatable bonds is 7. The first-order valence-electron chi connectivity index (χ1n) is 8.57. The van der Waals surface area contributed by atoms with Gasteiger partial charge in [-0.3, -0.25) is 25.6 Å². The highest BCUT2D eigenvalue weighted by atomic mass is 19.4. The highest BCUT2D eigenvalue weighted by Gasteiger charge is 2.43. The fourth-order valence-corrected chi connectivity index (χ4v) is 3.26. The van der Waals surface area contributed by atoms with E-state index in [4.69, 9.17) is 0 Å². The standard InChI is InChI=1S/C16H22F3N5O3/c1-2-11-3-6-15(7-4-11,9-24(27)10-25)13(26)22-23-14-20-8-5-12(21-14)16(17,18)19/h5,8,10-11,27H,2-4,6-7,9H2,1H3,(H,22,26)(H,20,21,23)/t11-,15-. The van der Waals surface area contributed by atoms with Crippen molar-refractivity contribution in [1.82, 2.24) is 20.5 Å². The average molecular weight is 389 g/mol. The van der Waals surface area contributed by atoms with Crippen molar-refractivity contribution in [1.29, 1.82) is 0 Å². The third-order valence-electron chi connectivity index (χ3n) is 4.94. The summed E-state index contributed by atoms with van der Waals surface area (Å²) >= 11 is 0. The summed E-state index contributed by atoms with van der Waals surface area (Å²) in [5.74, 6) is -0.500. The van der Waals surface area contributed by atoms with Gasteiger partial charge in [-0.25, -0.2) is 15.0 Å².